The Hall–Kier alpha value is -1.62. The molecule has 0 radical (unpaired) electrons. The van der Waals surface area contributed by atoms with Crippen LogP contribution in [0.25, 0.3) is 15.7 Å². The van der Waals surface area contributed by atoms with E-state index in [4.69, 9.17) is 0 Å². The van der Waals surface area contributed by atoms with E-state index < -0.39 is 12.0 Å². The molecule has 0 aliphatic heterocycles. The summed E-state index contributed by atoms with van der Waals surface area (Å²) in [4.78, 5) is 0.0697. The van der Waals surface area contributed by atoms with E-state index in [2.05, 4.69) is 24.9 Å². The molecule has 0 atom stereocenters. The van der Waals surface area contributed by atoms with Crippen LogP contribution in [-0.4, -0.2) is 29.4 Å². The third kappa shape index (κ3) is 1.67. The number of hydrogen-bond acceptors (Lipinski definition) is 7. The average molecular weight is 278 g/mol. The van der Waals surface area contributed by atoms with Crippen molar-refractivity contribution in [2.45, 2.75) is 6.18 Å². The van der Waals surface area contributed by atoms with Gasteiger partial charge in [-0.15, -0.1) is 15.3 Å². The second-order valence-corrected chi connectivity index (χ2v) is 4.48. The van der Waals surface area contributed by atoms with Crippen molar-refractivity contribution in [1.82, 2.24) is 29.4 Å². The minimum Gasteiger partial charge on any atom is -0.178 e. The second-order valence-electron chi connectivity index (χ2n) is 2.91. The van der Waals surface area contributed by atoms with Crippen molar-refractivity contribution in [3.63, 3.8) is 0 Å². The van der Waals surface area contributed by atoms with Crippen molar-refractivity contribution in [1.29, 1.82) is 0 Å². The maximum atomic E-state index is 12.5. The molecule has 0 aliphatic rings. The van der Waals surface area contributed by atoms with Gasteiger partial charge < -0.3 is 0 Å². The maximum absolute atomic E-state index is 12.5. The number of fused-ring (bicyclic) bond motifs is 1. The minimum atomic E-state index is -4.58. The van der Waals surface area contributed by atoms with Crippen molar-refractivity contribution in [2.75, 3.05) is 0 Å². The van der Waals surface area contributed by atoms with Crippen molar-refractivity contribution < 1.29 is 13.2 Å². The third-order valence-corrected chi connectivity index (χ3v) is 3.25. The first-order chi connectivity index (χ1) is 8.05. The summed E-state index contributed by atoms with van der Waals surface area (Å²) >= 11 is 2.07. The van der Waals surface area contributed by atoms with E-state index in [0.29, 0.717) is 15.2 Å². The summed E-state index contributed by atoms with van der Waals surface area (Å²) in [5.41, 5.74) is 0.429. The molecule has 0 N–H and O–H groups in total. The zero-order valence-electron chi connectivity index (χ0n) is 7.71. The monoisotopic (exact) mass is 278 g/mol. The third-order valence-electron chi connectivity index (χ3n) is 1.82. The highest BCUT2D eigenvalue weighted by Gasteiger charge is 2.38. The second kappa shape index (κ2) is 3.43. The lowest BCUT2D eigenvalue weighted by molar-refractivity contribution is -0.146. The molecule has 11 heteroatoms. The Balaban J connectivity index is 2.18. The van der Waals surface area contributed by atoms with Gasteiger partial charge in [-0.1, -0.05) is 15.8 Å². The Morgan fingerprint density at radius 2 is 2.00 bits per heavy atom. The van der Waals surface area contributed by atoms with Crippen molar-refractivity contribution >= 4 is 27.8 Å². The van der Waals surface area contributed by atoms with Gasteiger partial charge in [0.05, 0.1) is 0 Å². The Morgan fingerprint density at radius 1 is 1.18 bits per heavy atom. The Bertz CT molecular complexity index is 653. The number of nitrogens with zero attached hydrogens (tertiary/aromatic N) is 6. The van der Waals surface area contributed by atoms with Gasteiger partial charge in [-0.05, 0) is 11.5 Å². The van der Waals surface area contributed by atoms with Crippen molar-refractivity contribution in [2.24, 2.45) is 0 Å². The van der Waals surface area contributed by atoms with Gasteiger partial charge in [0.15, 0.2) is 5.01 Å². The van der Waals surface area contributed by atoms with E-state index in [1.165, 1.54) is 0 Å². The predicted molar refractivity (Wildman–Crippen MR) is 52.6 cm³/mol. The van der Waals surface area contributed by atoms with Crippen LogP contribution in [-0.2, 0) is 6.18 Å². The van der Waals surface area contributed by atoms with Gasteiger partial charge in [0.1, 0.15) is 5.69 Å². The maximum Gasteiger partial charge on any atom is 0.453 e. The summed E-state index contributed by atoms with van der Waals surface area (Å²) < 4.78 is 41.8. The average Bonchev–Trinajstić information content (AvgIpc) is 2.90. The molecule has 0 spiro atoms. The smallest absolute Gasteiger partial charge is 0.178 e. The molecule has 3 rings (SSSR count). The number of alkyl halides is 3. The summed E-state index contributed by atoms with van der Waals surface area (Å²) in [7, 11) is 0. The van der Waals surface area contributed by atoms with E-state index in [1.807, 2.05) is 0 Å². The quantitative estimate of drug-likeness (QED) is 0.678. The summed E-state index contributed by atoms with van der Waals surface area (Å²) in [5, 5.41) is 15.9. The molecule has 0 saturated carbocycles. The molecule has 0 aliphatic carbocycles. The van der Waals surface area contributed by atoms with Gasteiger partial charge in [-0.2, -0.15) is 22.8 Å². The van der Waals surface area contributed by atoms with Gasteiger partial charge in [-0.3, -0.25) is 0 Å². The Morgan fingerprint density at radius 3 is 2.65 bits per heavy atom. The van der Waals surface area contributed by atoms with Gasteiger partial charge in [0.2, 0.25) is 4.96 Å². The standard InChI is InChI=1S/C6HF3N6S2/c7-6(8,9)4-11-12-5-15(4)13-3(17-5)2-1-16-14-10-2/h1H. The van der Waals surface area contributed by atoms with Crippen LogP contribution in [0.2, 0.25) is 0 Å². The predicted octanol–water partition coefficient (Wildman–Crippen LogP) is 1.72. The normalized spacial score (nSPS) is 12.4. The molecular formula is C6HF3N6S2. The molecule has 0 bridgehead atoms. The molecule has 3 aromatic rings. The van der Waals surface area contributed by atoms with Crippen LogP contribution < -0.4 is 0 Å². The van der Waals surface area contributed by atoms with Crippen LogP contribution in [0, 0.1) is 0 Å². The Kier molecular flexibility index (Phi) is 2.13. The molecule has 0 amide bonds. The first kappa shape index (κ1) is 10.5. The summed E-state index contributed by atoms with van der Waals surface area (Å²) in [6.45, 7) is 0. The van der Waals surface area contributed by atoms with E-state index in [1.54, 1.807) is 5.38 Å². The highest BCUT2D eigenvalue weighted by molar-refractivity contribution is 7.20. The molecular weight excluding hydrogens is 277 g/mol. The van der Waals surface area contributed by atoms with E-state index in [-0.39, 0.29) is 4.96 Å². The molecule has 0 fully saturated rings. The van der Waals surface area contributed by atoms with Gasteiger partial charge in [0.25, 0.3) is 5.82 Å². The number of halogens is 3. The van der Waals surface area contributed by atoms with Crippen LogP contribution in [0.3, 0.4) is 0 Å². The lowest BCUT2D eigenvalue weighted by Crippen LogP contribution is -2.11. The molecule has 0 aromatic carbocycles. The largest absolute Gasteiger partial charge is 0.453 e. The van der Waals surface area contributed by atoms with Gasteiger partial charge in [0, 0.05) is 5.38 Å². The van der Waals surface area contributed by atoms with Crippen molar-refractivity contribution in [3.8, 4) is 10.7 Å². The summed E-state index contributed by atoms with van der Waals surface area (Å²) in [6, 6.07) is 0. The lowest BCUT2D eigenvalue weighted by Gasteiger charge is -1.99. The van der Waals surface area contributed by atoms with Crippen LogP contribution in [0.1, 0.15) is 5.82 Å². The molecule has 17 heavy (non-hydrogen) atoms. The van der Waals surface area contributed by atoms with Crippen LogP contribution >= 0.6 is 22.9 Å². The fourth-order valence-electron chi connectivity index (χ4n) is 1.16. The first-order valence-corrected chi connectivity index (χ1v) is 5.78. The summed E-state index contributed by atoms with van der Waals surface area (Å²) in [6.07, 6.45) is -4.58. The highest BCUT2D eigenvalue weighted by Crippen LogP contribution is 2.31. The molecule has 3 aromatic heterocycles. The van der Waals surface area contributed by atoms with E-state index in [9.17, 15) is 13.2 Å². The SMILES string of the molecule is FC(F)(F)c1nnc2sc(-c3csnn3)nn12. The molecule has 0 saturated heterocycles. The zero-order chi connectivity index (χ0) is 12.0. The number of hydrogen-bond donors (Lipinski definition) is 0. The minimum absolute atomic E-state index is 0.0697. The van der Waals surface area contributed by atoms with Crippen LogP contribution in [0.4, 0.5) is 13.2 Å². The fraction of sp³-hybridized carbons (Fsp3) is 0.167. The summed E-state index contributed by atoms with van der Waals surface area (Å²) in [5.74, 6) is -1.14. The van der Waals surface area contributed by atoms with E-state index in [0.717, 1.165) is 22.9 Å². The first-order valence-electron chi connectivity index (χ1n) is 4.12. The lowest BCUT2D eigenvalue weighted by atomic mass is 10.5. The molecule has 6 nitrogen and oxygen atoms in total. The van der Waals surface area contributed by atoms with E-state index >= 15 is 0 Å². The van der Waals surface area contributed by atoms with Crippen LogP contribution in [0.5, 0.6) is 0 Å². The highest BCUT2D eigenvalue weighted by atomic mass is 32.1. The van der Waals surface area contributed by atoms with Crippen LogP contribution in [0.15, 0.2) is 5.38 Å². The number of aromatic nitrogens is 6. The van der Waals surface area contributed by atoms with Gasteiger partial charge >= 0.3 is 6.18 Å². The molecule has 88 valence electrons. The zero-order valence-corrected chi connectivity index (χ0v) is 9.34. The molecule has 0 unspecified atom stereocenters. The Labute approximate surface area is 98.9 Å². The fourth-order valence-corrected chi connectivity index (χ4v) is 2.47. The number of rotatable bonds is 1. The molecule has 3 heterocycles. The topological polar surface area (TPSA) is 68.9 Å². The van der Waals surface area contributed by atoms with Gasteiger partial charge in [-0.25, -0.2) is 0 Å². The van der Waals surface area contributed by atoms with Crippen molar-refractivity contribution in [3.05, 3.63) is 11.2 Å².